The van der Waals surface area contributed by atoms with Gasteiger partial charge in [-0.2, -0.15) is 0 Å². The fraction of sp³-hybridized carbons (Fsp3) is 0.371. The first kappa shape index (κ1) is 30.1. The molecule has 5 rings (SSSR count). The van der Waals surface area contributed by atoms with Crippen LogP contribution in [0.2, 0.25) is 0 Å². The number of hydrazine groups is 1. The van der Waals surface area contributed by atoms with Gasteiger partial charge in [0, 0.05) is 22.7 Å². The first-order valence-corrected chi connectivity index (χ1v) is 14.8. The van der Waals surface area contributed by atoms with E-state index < -0.39 is 11.7 Å². The van der Waals surface area contributed by atoms with Crippen molar-refractivity contribution in [2.75, 3.05) is 0 Å². The van der Waals surface area contributed by atoms with Crippen LogP contribution < -0.4 is 15.6 Å². The zero-order valence-electron chi connectivity index (χ0n) is 25.7. The van der Waals surface area contributed by atoms with Crippen LogP contribution >= 0.6 is 0 Å². The maximum absolute atomic E-state index is 14.3. The Labute approximate surface area is 252 Å². The summed E-state index contributed by atoms with van der Waals surface area (Å²) in [5, 5.41) is 1.06. The number of rotatable bonds is 7. The molecule has 2 N–H and O–H groups in total. The molecule has 43 heavy (non-hydrogen) atoms. The molecule has 0 unspecified atom stereocenters. The molecule has 3 aromatic carbocycles. The lowest BCUT2D eigenvalue weighted by molar-refractivity contribution is -0.129. The zero-order chi connectivity index (χ0) is 30.9. The van der Waals surface area contributed by atoms with Crippen molar-refractivity contribution in [3.63, 3.8) is 0 Å². The molecule has 226 valence electrons. The Balaban J connectivity index is 1.46. The highest BCUT2D eigenvalue weighted by atomic mass is 19.1. The van der Waals surface area contributed by atoms with Crippen LogP contribution in [0.15, 0.2) is 66.7 Å². The molecule has 1 aliphatic carbocycles. The molecule has 0 bridgehead atoms. The molecule has 1 fully saturated rings. The minimum Gasteiger partial charge on any atom is -0.489 e. The second-order valence-electron chi connectivity index (χ2n) is 12.7. The molecule has 8 heteroatoms. The van der Waals surface area contributed by atoms with Crippen LogP contribution in [0.25, 0.3) is 16.6 Å². The maximum Gasteiger partial charge on any atom is 0.426 e. The number of benzene rings is 3. The number of aromatic nitrogens is 1. The minimum absolute atomic E-state index is 0.129. The Hall–Kier alpha value is -4.33. The van der Waals surface area contributed by atoms with E-state index in [4.69, 9.17) is 9.47 Å². The van der Waals surface area contributed by atoms with Crippen molar-refractivity contribution in [1.82, 2.24) is 15.4 Å². The van der Waals surface area contributed by atoms with E-state index >= 15 is 0 Å². The summed E-state index contributed by atoms with van der Waals surface area (Å²) in [7, 11) is 0. The van der Waals surface area contributed by atoms with Gasteiger partial charge in [-0.3, -0.25) is 10.2 Å². The van der Waals surface area contributed by atoms with Crippen LogP contribution in [0.1, 0.15) is 81.7 Å². The molecule has 2 amide bonds. The summed E-state index contributed by atoms with van der Waals surface area (Å²) >= 11 is 0. The second kappa shape index (κ2) is 12.1. The third-order valence-electron chi connectivity index (χ3n) is 7.81. The molecule has 1 heterocycles. The van der Waals surface area contributed by atoms with Gasteiger partial charge in [0.25, 0.3) is 0 Å². The number of hydrogen-bond donors (Lipinski definition) is 2. The van der Waals surface area contributed by atoms with Crippen molar-refractivity contribution in [3.05, 3.63) is 94.9 Å². The standard InChI is InChI=1S/C35H40FN3O4/c1-21(2)32-31(24-17-25(18-24)33(40)37-38-34(41)43-35(4,5)6)28-19-27(42-20-23-10-8-7-9-11-23)13-15-30(28)39(32)26-12-14-29(36)22(3)16-26/h7-16,19,21,24-25H,17-18,20H2,1-6H3,(H,37,40)(H,38,41). The molecular weight excluding hydrogens is 545 g/mol. The second-order valence-corrected chi connectivity index (χ2v) is 12.7. The number of carbonyl (C=O) groups is 2. The van der Waals surface area contributed by atoms with Gasteiger partial charge >= 0.3 is 6.09 Å². The third-order valence-corrected chi connectivity index (χ3v) is 7.81. The van der Waals surface area contributed by atoms with E-state index in [1.54, 1.807) is 27.7 Å². The van der Waals surface area contributed by atoms with E-state index in [2.05, 4.69) is 41.4 Å². The normalized spacial score (nSPS) is 16.6. The summed E-state index contributed by atoms with van der Waals surface area (Å²) in [5.41, 5.74) is 10.1. The predicted octanol–water partition coefficient (Wildman–Crippen LogP) is 7.83. The zero-order valence-corrected chi connectivity index (χ0v) is 25.7. The van der Waals surface area contributed by atoms with Crippen molar-refractivity contribution in [3.8, 4) is 11.4 Å². The van der Waals surface area contributed by atoms with Gasteiger partial charge in [-0.25, -0.2) is 14.6 Å². The average molecular weight is 586 g/mol. The van der Waals surface area contributed by atoms with Gasteiger partial charge < -0.3 is 14.0 Å². The molecule has 1 aliphatic rings. The summed E-state index contributed by atoms with van der Waals surface area (Å²) in [5.74, 6) is 0.320. The molecule has 7 nitrogen and oxygen atoms in total. The molecule has 4 aromatic rings. The van der Waals surface area contributed by atoms with Gasteiger partial charge in [-0.1, -0.05) is 44.2 Å². The Kier molecular flexibility index (Phi) is 8.49. The molecule has 0 aliphatic heterocycles. The number of ether oxygens (including phenoxy) is 2. The molecule has 0 radical (unpaired) electrons. The van der Waals surface area contributed by atoms with Crippen LogP contribution in [-0.2, 0) is 16.1 Å². The number of amides is 2. The number of hydrogen-bond acceptors (Lipinski definition) is 4. The number of halogens is 1. The van der Waals surface area contributed by atoms with E-state index in [9.17, 15) is 14.0 Å². The number of fused-ring (bicyclic) bond motifs is 1. The Morgan fingerprint density at radius 3 is 2.37 bits per heavy atom. The topological polar surface area (TPSA) is 81.6 Å². The maximum atomic E-state index is 14.3. The molecule has 1 aromatic heterocycles. The molecule has 1 saturated carbocycles. The molecular formula is C35H40FN3O4. The Bertz CT molecular complexity index is 1630. The quantitative estimate of drug-likeness (QED) is 0.217. The van der Waals surface area contributed by atoms with Gasteiger partial charge in [-0.15, -0.1) is 0 Å². The molecule has 0 saturated heterocycles. The number of aryl methyl sites for hydroxylation is 1. The van der Waals surface area contributed by atoms with E-state index in [1.807, 2.05) is 48.5 Å². The first-order valence-electron chi connectivity index (χ1n) is 14.8. The fourth-order valence-corrected chi connectivity index (χ4v) is 5.78. The van der Waals surface area contributed by atoms with Crippen LogP contribution in [0.5, 0.6) is 5.75 Å². The lowest BCUT2D eigenvalue weighted by Crippen LogP contribution is -2.48. The third kappa shape index (κ3) is 6.69. The smallest absolute Gasteiger partial charge is 0.426 e. The van der Waals surface area contributed by atoms with Crippen LogP contribution in [0.4, 0.5) is 9.18 Å². The van der Waals surface area contributed by atoms with Crippen LogP contribution in [-0.4, -0.2) is 22.2 Å². The number of nitrogens with zero attached hydrogens (tertiary/aromatic N) is 1. The van der Waals surface area contributed by atoms with E-state index in [0.29, 0.717) is 25.0 Å². The SMILES string of the molecule is Cc1cc(-n2c(C(C)C)c(C3CC(C(=O)NNC(=O)OC(C)(C)C)C3)c3cc(OCc4ccccc4)ccc32)ccc1F. The van der Waals surface area contributed by atoms with Crippen molar-refractivity contribution in [2.45, 2.75) is 78.4 Å². The summed E-state index contributed by atoms with van der Waals surface area (Å²) in [4.78, 5) is 24.9. The minimum atomic E-state index is -0.695. The molecule has 0 spiro atoms. The van der Waals surface area contributed by atoms with Gasteiger partial charge in [0.2, 0.25) is 5.91 Å². The van der Waals surface area contributed by atoms with Crippen LogP contribution in [0.3, 0.4) is 0 Å². The first-order chi connectivity index (χ1) is 20.4. The summed E-state index contributed by atoms with van der Waals surface area (Å²) in [6.45, 7) is 11.8. The van der Waals surface area contributed by atoms with E-state index in [-0.39, 0.29) is 29.5 Å². The van der Waals surface area contributed by atoms with E-state index in [1.165, 1.54) is 11.6 Å². The summed E-state index contributed by atoms with van der Waals surface area (Å²) < 4.78 is 27.9. The highest BCUT2D eigenvalue weighted by Gasteiger charge is 2.39. The van der Waals surface area contributed by atoms with Gasteiger partial charge in [0.15, 0.2) is 0 Å². The van der Waals surface area contributed by atoms with E-state index in [0.717, 1.165) is 33.6 Å². The van der Waals surface area contributed by atoms with Crippen molar-refractivity contribution in [1.29, 1.82) is 0 Å². The molecule has 0 atom stereocenters. The lowest BCUT2D eigenvalue weighted by Gasteiger charge is -2.35. The number of nitrogens with one attached hydrogen (secondary N) is 2. The number of carbonyl (C=O) groups excluding carboxylic acids is 2. The Morgan fingerprint density at radius 2 is 1.72 bits per heavy atom. The largest absolute Gasteiger partial charge is 0.489 e. The van der Waals surface area contributed by atoms with Crippen molar-refractivity contribution >= 4 is 22.9 Å². The van der Waals surface area contributed by atoms with Gasteiger partial charge in [0.1, 0.15) is 23.8 Å². The van der Waals surface area contributed by atoms with Crippen molar-refractivity contribution in [2.24, 2.45) is 5.92 Å². The monoisotopic (exact) mass is 585 g/mol. The lowest BCUT2D eigenvalue weighted by atomic mass is 9.69. The Morgan fingerprint density at radius 1 is 1.00 bits per heavy atom. The predicted molar refractivity (Wildman–Crippen MR) is 166 cm³/mol. The van der Waals surface area contributed by atoms with Crippen molar-refractivity contribution < 1.29 is 23.5 Å². The fourth-order valence-electron chi connectivity index (χ4n) is 5.78. The average Bonchev–Trinajstić information content (AvgIpc) is 3.25. The summed E-state index contributed by atoms with van der Waals surface area (Å²) in [6, 6.07) is 21.4. The van der Waals surface area contributed by atoms with Gasteiger partial charge in [-0.05, 0) is 105 Å². The highest BCUT2D eigenvalue weighted by molar-refractivity contribution is 5.90. The van der Waals surface area contributed by atoms with Gasteiger partial charge in [0.05, 0.1) is 5.52 Å². The van der Waals surface area contributed by atoms with Crippen LogP contribution in [0, 0.1) is 18.7 Å². The highest BCUT2D eigenvalue weighted by Crippen LogP contribution is 2.49. The summed E-state index contributed by atoms with van der Waals surface area (Å²) in [6.07, 6.45) is 0.579.